The highest BCUT2D eigenvalue weighted by Gasteiger charge is 2.80. The van der Waals surface area contributed by atoms with Crippen molar-refractivity contribution in [1.82, 2.24) is 0 Å². The van der Waals surface area contributed by atoms with Gasteiger partial charge in [-0.2, -0.15) is 0 Å². The molecule has 0 aromatic carbocycles. The van der Waals surface area contributed by atoms with Gasteiger partial charge in [0.05, 0.1) is 0 Å². The van der Waals surface area contributed by atoms with Crippen molar-refractivity contribution < 1.29 is 0 Å². The first-order valence-corrected chi connectivity index (χ1v) is 6.09. The summed E-state index contributed by atoms with van der Waals surface area (Å²) in [5.41, 5.74) is 0.368. The normalized spacial score (nSPS) is 34.2. The largest absolute Gasteiger partial charge is 0.130 e. The van der Waals surface area contributed by atoms with E-state index in [2.05, 4.69) is 13.8 Å². The molecule has 0 unspecified atom stereocenters. The number of hydrogen-bond donors (Lipinski definition) is 0. The van der Waals surface area contributed by atoms with Gasteiger partial charge < -0.3 is 0 Å². The molecule has 2 saturated carbocycles. The van der Waals surface area contributed by atoms with Crippen LogP contribution >= 0.6 is 23.2 Å². The highest BCUT2D eigenvalue weighted by atomic mass is 35.5. The molecule has 2 aliphatic rings. The van der Waals surface area contributed by atoms with Gasteiger partial charge in [0.25, 0.3) is 0 Å². The molecule has 0 aromatic heterocycles. The zero-order valence-corrected chi connectivity index (χ0v) is 10.0. The second-order valence-electron chi connectivity index (χ2n) is 5.20. The van der Waals surface area contributed by atoms with Crippen LogP contribution in [-0.2, 0) is 0 Å². The van der Waals surface area contributed by atoms with E-state index in [1.807, 2.05) is 0 Å². The molecular formula is C11H18Cl2. The highest BCUT2D eigenvalue weighted by Crippen LogP contribution is 2.81. The van der Waals surface area contributed by atoms with Crippen molar-refractivity contribution in [2.24, 2.45) is 10.8 Å². The second-order valence-corrected chi connectivity index (χ2v) is 6.52. The lowest BCUT2D eigenvalue weighted by atomic mass is 9.88. The van der Waals surface area contributed by atoms with E-state index in [1.165, 1.54) is 38.5 Å². The lowest BCUT2D eigenvalue weighted by Gasteiger charge is -2.16. The maximum Gasteiger partial charge on any atom is 0.130 e. The van der Waals surface area contributed by atoms with E-state index in [0.29, 0.717) is 0 Å². The topological polar surface area (TPSA) is 0 Å². The van der Waals surface area contributed by atoms with E-state index >= 15 is 0 Å². The molecule has 2 heteroatoms. The molecule has 13 heavy (non-hydrogen) atoms. The van der Waals surface area contributed by atoms with Gasteiger partial charge in [0.2, 0.25) is 0 Å². The summed E-state index contributed by atoms with van der Waals surface area (Å²) in [5.74, 6) is 0. The standard InChI is InChI=1S/C11H18Cl2/c1-9(2)10(11(9,12)13)7-5-3-4-6-8-10/h3-8H2,1-2H3. The predicted octanol–water partition coefficient (Wildman–Crippen LogP) is 4.54. The molecule has 2 aliphatic carbocycles. The first-order chi connectivity index (χ1) is 5.96. The zero-order valence-electron chi connectivity index (χ0n) is 8.50. The Balaban J connectivity index is 2.22. The number of hydrogen-bond acceptors (Lipinski definition) is 0. The SMILES string of the molecule is CC1(C)C(Cl)(Cl)C12CCCCCC2. The summed E-state index contributed by atoms with van der Waals surface area (Å²) < 4.78 is -0.454. The molecule has 0 aromatic rings. The lowest BCUT2D eigenvalue weighted by molar-refractivity contribution is 0.336. The second kappa shape index (κ2) is 2.79. The van der Waals surface area contributed by atoms with E-state index in [-0.39, 0.29) is 10.8 Å². The third-order valence-electron chi connectivity index (χ3n) is 4.48. The van der Waals surface area contributed by atoms with Gasteiger partial charge in [-0.15, -0.1) is 23.2 Å². The smallest absolute Gasteiger partial charge is 0.100 e. The summed E-state index contributed by atoms with van der Waals surface area (Å²) in [6, 6.07) is 0. The third kappa shape index (κ3) is 1.05. The quantitative estimate of drug-likeness (QED) is 0.527. The van der Waals surface area contributed by atoms with Crippen molar-refractivity contribution in [3.63, 3.8) is 0 Å². The molecule has 0 heterocycles. The Morgan fingerprint density at radius 1 is 0.846 bits per heavy atom. The zero-order chi connectivity index (χ0) is 9.74. The fourth-order valence-corrected chi connectivity index (χ4v) is 4.33. The summed E-state index contributed by atoms with van der Waals surface area (Å²) in [6.45, 7) is 4.44. The van der Waals surface area contributed by atoms with Gasteiger partial charge >= 0.3 is 0 Å². The Morgan fingerprint density at radius 2 is 1.23 bits per heavy atom. The minimum absolute atomic E-state index is 0.132. The molecule has 0 radical (unpaired) electrons. The average Bonchev–Trinajstić information content (AvgIpc) is 2.53. The van der Waals surface area contributed by atoms with Gasteiger partial charge in [-0.25, -0.2) is 0 Å². The van der Waals surface area contributed by atoms with Crippen LogP contribution in [0, 0.1) is 10.8 Å². The van der Waals surface area contributed by atoms with Crippen LogP contribution in [0.5, 0.6) is 0 Å². The van der Waals surface area contributed by atoms with Crippen LogP contribution in [0.3, 0.4) is 0 Å². The van der Waals surface area contributed by atoms with E-state index < -0.39 is 4.33 Å². The predicted molar refractivity (Wildman–Crippen MR) is 58.4 cm³/mol. The Bertz CT molecular complexity index is 194. The molecule has 76 valence electrons. The van der Waals surface area contributed by atoms with Crippen LogP contribution in [-0.4, -0.2) is 4.33 Å². The molecule has 0 amide bonds. The highest BCUT2D eigenvalue weighted by molar-refractivity contribution is 6.52. The molecule has 2 rings (SSSR count). The Labute approximate surface area is 91.0 Å². The van der Waals surface area contributed by atoms with Crippen molar-refractivity contribution in [3.05, 3.63) is 0 Å². The molecule has 0 aliphatic heterocycles. The summed E-state index contributed by atoms with van der Waals surface area (Å²) in [6.07, 6.45) is 7.80. The number of alkyl halides is 2. The van der Waals surface area contributed by atoms with Crippen molar-refractivity contribution in [3.8, 4) is 0 Å². The van der Waals surface area contributed by atoms with Crippen molar-refractivity contribution in [2.75, 3.05) is 0 Å². The third-order valence-corrected chi connectivity index (χ3v) is 6.15. The first-order valence-electron chi connectivity index (χ1n) is 5.34. The van der Waals surface area contributed by atoms with Crippen LogP contribution in [0.15, 0.2) is 0 Å². The molecule has 0 N–H and O–H groups in total. The fraction of sp³-hybridized carbons (Fsp3) is 1.00. The van der Waals surface area contributed by atoms with Crippen LogP contribution in [0.1, 0.15) is 52.4 Å². The number of rotatable bonds is 0. The molecule has 0 saturated heterocycles. The average molecular weight is 221 g/mol. The van der Waals surface area contributed by atoms with Gasteiger partial charge in [-0.05, 0) is 12.8 Å². The van der Waals surface area contributed by atoms with Gasteiger partial charge in [0, 0.05) is 10.8 Å². The Morgan fingerprint density at radius 3 is 1.54 bits per heavy atom. The first kappa shape index (κ1) is 10.1. The number of halogens is 2. The molecule has 0 bridgehead atoms. The summed E-state index contributed by atoms with van der Waals surface area (Å²) in [7, 11) is 0. The molecule has 2 fully saturated rings. The van der Waals surface area contributed by atoms with Crippen molar-refractivity contribution in [2.45, 2.75) is 56.7 Å². The monoisotopic (exact) mass is 220 g/mol. The van der Waals surface area contributed by atoms with Gasteiger partial charge in [-0.1, -0.05) is 39.5 Å². The van der Waals surface area contributed by atoms with Crippen molar-refractivity contribution >= 4 is 23.2 Å². The lowest BCUT2D eigenvalue weighted by Crippen LogP contribution is -2.09. The molecule has 0 atom stereocenters. The summed E-state index contributed by atoms with van der Waals surface area (Å²) in [5, 5.41) is 0. The van der Waals surface area contributed by atoms with Crippen LogP contribution in [0.25, 0.3) is 0 Å². The molecule has 0 nitrogen and oxygen atoms in total. The van der Waals surface area contributed by atoms with E-state index in [4.69, 9.17) is 23.2 Å². The van der Waals surface area contributed by atoms with E-state index in [1.54, 1.807) is 0 Å². The maximum absolute atomic E-state index is 6.41. The summed E-state index contributed by atoms with van der Waals surface area (Å²) >= 11 is 12.8. The minimum Gasteiger partial charge on any atom is -0.100 e. The van der Waals surface area contributed by atoms with Crippen molar-refractivity contribution in [1.29, 1.82) is 0 Å². The van der Waals surface area contributed by atoms with Crippen LogP contribution in [0.4, 0.5) is 0 Å². The van der Waals surface area contributed by atoms with Gasteiger partial charge in [0.1, 0.15) is 4.33 Å². The van der Waals surface area contributed by atoms with Crippen LogP contribution < -0.4 is 0 Å². The maximum atomic E-state index is 6.41. The van der Waals surface area contributed by atoms with Crippen LogP contribution in [0.2, 0.25) is 0 Å². The Hall–Kier alpha value is 0.580. The van der Waals surface area contributed by atoms with E-state index in [9.17, 15) is 0 Å². The Kier molecular flexibility index (Phi) is 2.17. The van der Waals surface area contributed by atoms with E-state index in [0.717, 1.165) is 0 Å². The minimum atomic E-state index is -0.454. The fourth-order valence-electron chi connectivity index (χ4n) is 3.21. The summed E-state index contributed by atoms with van der Waals surface area (Å²) in [4.78, 5) is 0. The van der Waals surface area contributed by atoms with Gasteiger partial charge in [-0.3, -0.25) is 0 Å². The molecule has 1 spiro atoms. The van der Waals surface area contributed by atoms with Gasteiger partial charge in [0.15, 0.2) is 0 Å². The molecular weight excluding hydrogens is 203 g/mol.